The molecule has 1 aliphatic rings. The first-order chi connectivity index (χ1) is 12.5. The van der Waals surface area contributed by atoms with Crippen LogP contribution in [0.25, 0.3) is 10.7 Å². The van der Waals surface area contributed by atoms with Crippen LogP contribution in [-0.2, 0) is 11.3 Å². The van der Waals surface area contributed by atoms with Crippen LogP contribution in [0, 0.1) is 13.8 Å². The minimum atomic E-state index is -0.251. The first kappa shape index (κ1) is 16.8. The number of aromatic nitrogens is 3. The largest absolute Gasteiger partial charge is 0.346 e. The summed E-state index contributed by atoms with van der Waals surface area (Å²) in [6, 6.07) is 9.86. The highest BCUT2D eigenvalue weighted by Gasteiger charge is 2.31. The minimum absolute atomic E-state index is 0.0929. The smallest absolute Gasteiger partial charge is 0.324 e. The van der Waals surface area contributed by atoms with Crippen molar-refractivity contribution < 1.29 is 4.79 Å². The van der Waals surface area contributed by atoms with E-state index in [2.05, 4.69) is 10.4 Å². The van der Waals surface area contributed by atoms with Gasteiger partial charge in [0.25, 0.3) is 0 Å². The van der Waals surface area contributed by atoms with Gasteiger partial charge in [0, 0.05) is 11.7 Å². The maximum absolute atomic E-state index is 12.8. The second kappa shape index (κ2) is 6.57. The molecule has 2 heterocycles. The van der Waals surface area contributed by atoms with E-state index < -0.39 is 0 Å². The van der Waals surface area contributed by atoms with Crippen molar-refractivity contribution in [3.05, 3.63) is 57.3 Å². The lowest BCUT2D eigenvalue weighted by molar-refractivity contribution is -0.117. The third-order valence-electron chi connectivity index (χ3n) is 4.70. The number of anilines is 1. The molecule has 0 spiro atoms. The topological polar surface area (TPSA) is 68.9 Å². The van der Waals surface area contributed by atoms with Gasteiger partial charge in [0.15, 0.2) is 5.82 Å². The van der Waals surface area contributed by atoms with Crippen LogP contribution < -0.4 is 11.0 Å². The number of carbonyl (C=O) groups excluding carboxylic acids is 1. The van der Waals surface area contributed by atoms with Crippen molar-refractivity contribution >= 4 is 22.9 Å². The Labute approximate surface area is 155 Å². The fraction of sp³-hybridized carbons (Fsp3) is 0.316. The zero-order valence-corrected chi connectivity index (χ0v) is 15.5. The molecule has 0 radical (unpaired) electrons. The van der Waals surface area contributed by atoms with Crippen molar-refractivity contribution in [3.8, 4) is 10.7 Å². The zero-order valence-electron chi connectivity index (χ0n) is 14.7. The molecule has 6 nitrogen and oxygen atoms in total. The van der Waals surface area contributed by atoms with E-state index in [-0.39, 0.29) is 24.2 Å². The maximum Gasteiger partial charge on any atom is 0.346 e. The molecule has 1 saturated carbocycles. The predicted octanol–water partition coefficient (Wildman–Crippen LogP) is 3.36. The van der Waals surface area contributed by atoms with Crippen molar-refractivity contribution in [1.29, 1.82) is 0 Å². The van der Waals surface area contributed by atoms with Gasteiger partial charge in [-0.3, -0.25) is 9.36 Å². The van der Waals surface area contributed by atoms with Crippen LogP contribution in [0.4, 0.5) is 5.69 Å². The number of hydrogen-bond donors (Lipinski definition) is 1. The number of benzene rings is 1. The molecule has 134 valence electrons. The number of hydrogen-bond acceptors (Lipinski definition) is 4. The van der Waals surface area contributed by atoms with E-state index in [1.807, 2.05) is 49.6 Å². The molecule has 0 unspecified atom stereocenters. The highest BCUT2D eigenvalue weighted by atomic mass is 32.1. The van der Waals surface area contributed by atoms with Crippen LogP contribution in [0.3, 0.4) is 0 Å². The molecule has 0 bridgehead atoms. The summed E-state index contributed by atoms with van der Waals surface area (Å²) in [7, 11) is 0. The van der Waals surface area contributed by atoms with Crippen LogP contribution in [0.2, 0.25) is 0 Å². The quantitative estimate of drug-likeness (QED) is 0.751. The number of aryl methyl sites for hydroxylation is 1. The Morgan fingerprint density at radius 3 is 2.77 bits per heavy atom. The Morgan fingerprint density at radius 1 is 1.27 bits per heavy atom. The lowest BCUT2D eigenvalue weighted by Crippen LogP contribution is -2.30. The van der Waals surface area contributed by atoms with Gasteiger partial charge in [0.1, 0.15) is 6.54 Å². The summed E-state index contributed by atoms with van der Waals surface area (Å²) >= 11 is 1.55. The Hall–Kier alpha value is -2.67. The van der Waals surface area contributed by atoms with Gasteiger partial charge in [-0.1, -0.05) is 18.2 Å². The summed E-state index contributed by atoms with van der Waals surface area (Å²) < 4.78 is 3.00. The van der Waals surface area contributed by atoms with E-state index in [1.165, 1.54) is 4.68 Å². The number of carbonyl (C=O) groups is 1. The predicted molar refractivity (Wildman–Crippen MR) is 103 cm³/mol. The van der Waals surface area contributed by atoms with Crippen molar-refractivity contribution in [2.24, 2.45) is 0 Å². The Balaban J connectivity index is 1.60. The standard InChI is InChI=1S/C19H20N4O2S/c1-12-5-3-6-15(13(12)2)20-17(24)11-22-19(25)23(14-8-9-14)18(21-22)16-7-4-10-26-16/h3-7,10,14H,8-9,11H2,1-2H3,(H,20,24). The Bertz CT molecular complexity index is 1010. The molecule has 3 aromatic rings. The molecule has 0 saturated heterocycles. The Morgan fingerprint density at radius 2 is 2.08 bits per heavy atom. The summed E-state index contributed by atoms with van der Waals surface area (Å²) in [5.41, 5.74) is 2.68. The lowest BCUT2D eigenvalue weighted by Gasteiger charge is -2.09. The summed E-state index contributed by atoms with van der Waals surface area (Å²) in [4.78, 5) is 26.2. The van der Waals surface area contributed by atoms with E-state index in [1.54, 1.807) is 15.9 Å². The average molecular weight is 368 g/mol. The van der Waals surface area contributed by atoms with Crippen LogP contribution >= 0.6 is 11.3 Å². The molecule has 1 aliphatic carbocycles. The lowest BCUT2D eigenvalue weighted by atomic mass is 10.1. The average Bonchev–Trinajstić information content (AvgIpc) is 3.19. The van der Waals surface area contributed by atoms with Gasteiger partial charge in [-0.2, -0.15) is 0 Å². The third kappa shape index (κ3) is 3.10. The summed E-state index contributed by atoms with van der Waals surface area (Å²) in [5, 5.41) is 9.30. The normalized spacial score (nSPS) is 13.8. The van der Waals surface area contributed by atoms with E-state index in [4.69, 9.17) is 0 Å². The van der Waals surface area contributed by atoms with Crippen molar-refractivity contribution in [3.63, 3.8) is 0 Å². The fourth-order valence-corrected chi connectivity index (χ4v) is 3.68. The Kier molecular flexibility index (Phi) is 4.24. The van der Waals surface area contributed by atoms with E-state index in [0.717, 1.165) is 34.5 Å². The van der Waals surface area contributed by atoms with E-state index >= 15 is 0 Å². The number of thiophene rings is 1. The van der Waals surface area contributed by atoms with Crippen molar-refractivity contribution in [2.45, 2.75) is 39.3 Å². The monoisotopic (exact) mass is 368 g/mol. The van der Waals surface area contributed by atoms with Gasteiger partial charge in [0.2, 0.25) is 5.91 Å². The first-order valence-corrected chi connectivity index (χ1v) is 9.52. The van der Waals surface area contributed by atoms with E-state index in [9.17, 15) is 9.59 Å². The van der Waals surface area contributed by atoms with Gasteiger partial charge < -0.3 is 5.32 Å². The molecular weight excluding hydrogens is 348 g/mol. The summed E-state index contributed by atoms with van der Waals surface area (Å²) in [6.45, 7) is 3.87. The molecule has 0 atom stereocenters. The van der Waals surface area contributed by atoms with Gasteiger partial charge >= 0.3 is 5.69 Å². The number of amides is 1. The van der Waals surface area contributed by atoms with Crippen LogP contribution in [0.1, 0.15) is 30.0 Å². The minimum Gasteiger partial charge on any atom is -0.324 e. The van der Waals surface area contributed by atoms with Crippen molar-refractivity contribution in [2.75, 3.05) is 5.32 Å². The van der Waals surface area contributed by atoms with Crippen LogP contribution in [0.5, 0.6) is 0 Å². The molecule has 1 N–H and O–H groups in total. The zero-order chi connectivity index (χ0) is 18.3. The van der Waals surface area contributed by atoms with Crippen molar-refractivity contribution in [1.82, 2.24) is 14.3 Å². The molecule has 4 rings (SSSR count). The molecule has 26 heavy (non-hydrogen) atoms. The van der Waals surface area contributed by atoms with Gasteiger partial charge in [-0.15, -0.1) is 16.4 Å². The number of rotatable bonds is 5. The molecular formula is C19H20N4O2S. The van der Waals surface area contributed by atoms with Crippen LogP contribution in [-0.4, -0.2) is 20.3 Å². The molecule has 2 aromatic heterocycles. The maximum atomic E-state index is 12.8. The van der Waals surface area contributed by atoms with Crippen LogP contribution in [0.15, 0.2) is 40.5 Å². The fourth-order valence-electron chi connectivity index (χ4n) is 2.97. The summed E-state index contributed by atoms with van der Waals surface area (Å²) in [5.74, 6) is 0.408. The number of nitrogens with zero attached hydrogens (tertiary/aromatic N) is 3. The second-order valence-electron chi connectivity index (χ2n) is 6.64. The SMILES string of the molecule is Cc1cccc(NC(=O)Cn2nc(-c3cccs3)n(C3CC3)c2=O)c1C. The van der Waals surface area contributed by atoms with Gasteiger partial charge in [-0.05, 0) is 55.3 Å². The van der Waals surface area contributed by atoms with Gasteiger partial charge in [-0.25, -0.2) is 9.48 Å². The molecule has 0 aliphatic heterocycles. The highest BCUT2D eigenvalue weighted by Crippen LogP contribution is 2.37. The highest BCUT2D eigenvalue weighted by molar-refractivity contribution is 7.13. The first-order valence-electron chi connectivity index (χ1n) is 8.64. The van der Waals surface area contributed by atoms with Gasteiger partial charge in [0.05, 0.1) is 4.88 Å². The molecule has 1 fully saturated rings. The van der Waals surface area contributed by atoms with E-state index in [0.29, 0.717) is 5.82 Å². The second-order valence-corrected chi connectivity index (χ2v) is 7.59. The molecule has 7 heteroatoms. The summed E-state index contributed by atoms with van der Waals surface area (Å²) in [6.07, 6.45) is 1.97. The molecule has 1 aromatic carbocycles. The third-order valence-corrected chi connectivity index (χ3v) is 5.56. The number of nitrogens with one attached hydrogen (secondary N) is 1. The molecule has 1 amide bonds.